The summed E-state index contributed by atoms with van der Waals surface area (Å²) < 4.78 is 0. The van der Waals surface area contributed by atoms with Gasteiger partial charge in [-0.3, -0.25) is 0 Å². The van der Waals surface area contributed by atoms with Gasteiger partial charge in [-0.15, -0.1) is 11.3 Å². The molecule has 2 aromatic rings. The zero-order chi connectivity index (χ0) is 13.7. The summed E-state index contributed by atoms with van der Waals surface area (Å²) >= 11 is 1.58. The molecule has 0 saturated heterocycles. The van der Waals surface area contributed by atoms with E-state index in [0.717, 1.165) is 29.4 Å². The van der Waals surface area contributed by atoms with Crippen LogP contribution in [0.5, 0.6) is 0 Å². The van der Waals surface area contributed by atoms with Crippen LogP contribution >= 0.6 is 11.3 Å². The predicted octanol–water partition coefficient (Wildman–Crippen LogP) is 3.05. The fourth-order valence-corrected chi connectivity index (χ4v) is 2.80. The Kier molecular flexibility index (Phi) is 5.07. The Morgan fingerprint density at radius 2 is 2.00 bits per heavy atom. The average molecular weight is 276 g/mol. The van der Waals surface area contributed by atoms with Crippen LogP contribution in [-0.2, 0) is 13.2 Å². The molecule has 1 aromatic carbocycles. The molecule has 3 nitrogen and oxygen atoms in total. The molecule has 0 amide bonds. The molecule has 0 aliphatic heterocycles. The second-order valence-corrected chi connectivity index (χ2v) is 6.10. The van der Waals surface area contributed by atoms with Crippen LogP contribution in [0.4, 0.5) is 0 Å². The molecule has 0 spiro atoms. The highest BCUT2D eigenvalue weighted by atomic mass is 32.1. The van der Waals surface area contributed by atoms with Crippen molar-refractivity contribution in [2.24, 2.45) is 5.92 Å². The first-order valence-electron chi connectivity index (χ1n) is 6.56. The summed E-state index contributed by atoms with van der Waals surface area (Å²) in [6, 6.07) is 10.1. The Balaban J connectivity index is 2.19. The maximum absolute atomic E-state index is 9.26. The Morgan fingerprint density at radius 1 is 1.26 bits per heavy atom. The molecule has 0 fully saturated rings. The molecule has 0 aliphatic carbocycles. The zero-order valence-corrected chi connectivity index (χ0v) is 12.2. The highest BCUT2D eigenvalue weighted by Crippen LogP contribution is 2.28. The van der Waals surface area contributed by atoms with Gasteiger partial charge in [0.2, 0.25) is 0 Å². The van der Waals surface area contributed by atoms with Gasteiger partial charge < -0.3 is 10.4 Å². The quantitative estimate of drug-likeness (QED) is 0.852. The van der Waals surface area contributed by atoms with E-state index >= 15 is 0 Å². The lowest BCUT2D eigenvalue weighted by Crippen LogP contribution is -2.18. The van der Waals surface area contributed by atoms with Crippen molar-refractivity contribution in [3.63, 3.8) is 0 Å². The second kappa shape index (κ2) is 6.80. The van der Waals surface area contributed by atoms with E-state index < -0.39 is 0 Å². The van der Waals surface area contributed by atoms with Crippen molar-refractivity contribution in [3.8, 4) is 11.3 Å². The molecular weight excluding hydrogens is 256 g/mol. The van der Waals surface area contributed by atoms with E-state index in [1.165, 1.54) is 4.88 Å². The van der Waals surface area contributed by atoms with Crippen LogP contribution in [0.1, 0.15) is 23.7 Å². The molecular formula is C15H20N2OS. The van der Waals surface area contributed by atoms with E-state index in [-0.39, 0.29) is 6.61 Å². The van der Waals surface area contributed by atoms with Crippen LogP contribution in [0, 0.1) is 5.92 Å². The lowest BCUT2D eigenvalue weighted by molar-refractivity contribution is 0.281. The van der Waals surface area contributed by atoms with Crippen LogP contribution < -0.4 is 5.32 Å². The molecule has 4 heteroatoms. The number of aromatic nitrogens is 1. The summed E-state index contributed by atoms with van der Waals surface area (Å²) in [6.45, 7) is 6.18. The van der Waals surface area contributed by atoms with Gasteiger partial charge in [0.1, 0.15) is 5.01 Å². The normalized spacial score (nSPS) is 11.2. The van der Waals surface area contributed by atoms with Crippen molar-refractivity contribution in [1.82, 2.24) is 10.3 Å². The first kappa shape index (κ1) is 14.2. The van der Waals surface area contributed by atoms with Gasteiger partial charge in [0.25, 0.3) is 0 Å². The van der Waals surface area contributed by atoms with Gasteiger partial charge in [-0.25, -0.2) is 4.98 Å². The highest BCUT2D eigenvalue weighted by Gasteiger charge is 2.12. The fraction of sp³-hybridized carbons (Fsp3) is 0.400. The molecule has 0 bridgehead atoms. The number of nitrogens with zero attached hydrogens (tertiary/aromatic N) is 1. The van der Waals surface area contributed by atoms with Gasteiger partial charge in [-0.2, -0.15) is 0 Å². The zero-order valence-electron chi connectivity index (χ0n) is 11.4. The molecule has 2 rings (SSSR count). The third kappa shape index (κ3) is 3.86. The van der Waals surface area contributed by atoms with Crippen LogP contribution in [0.15, 0.2) is 30.3 Å². The summed E-state index contributed by atoms with van der Waals surface area (Å²) in [5.74, 6) is 0.630. The third-order valence-electron chi connectivity index (χ3n) is 2.76. The molecule has 0 atom stereocenters. The van der Waals surface area contributed by atoms with Crippen molar-refractivity contribution < 1.29 is 5.11 Å². The first-order valence-corrected chi connectivity index (χ1v) is 7.38. The molecule has 0 aliphatic rings. The van der Waals surface area contributed by atoms with Crippen molar-refractivity contribution in [3.05, 3.63) is 40.2 Å². The maximum atomic E-state index is 9.26. The number of benzene rings is 1. The molecule has 2 N–H and O–H groups in total. The topological polar surface area (TPSA) is 45.1 Å². The Bertz CT molecular complexity index is 508. The number of aliphatic hydroxyl groups is 1. The smallest absolute Gasteiger partial charge is 0.119 e. The summed E-state index contributed by atoms with van der Waals surface area (Å²) in [5.41, 5.74) is 2.10. The van der Waals surface area contributed by atoms with Gasteiger partial charge in [0.05, 0.1) is 12.3 Å². The number of hydrogen-bond acceptors (Lipinski definition) is 4. The molecule has 102 valence electrons. The second-order valence-electron chi connectivity index (χ2n) is 4.93. The number of thiazole rings is 1. The summed E-state index contributed by atoms with van der Waals surface area (Å²) in [6.07, 6.45) is 0. The minimum absolute atomic E-state index is 0.00861. The van der Waals surface area contributed by atoms with Crippen LogP contribution in [0.3, 0.4) is 0 Å². The number of rotatable bonds is 6. The van der Waals surface area contributed by atoms with Gasteiger partial charge in [0.15, 0.2) is 0 Å². The van der Waals surface area contributed by atoms with Crippen molar-refractivity contribution in [2.45, 2.75) is 27.0 Å². The van der Waals surface area contributed by atoms with Crippen molar-refractivity contribution in [1.29, 1.82) is 0 Å². The van der Waals surface area contributed by atoms with Crippen molar-refractivity contribution >= 4 is 11.3 Å². The van der Waals surface area contributed by atoms with Crippen LogP contribution in [0.2, 0.25) is 0 Å². The highest BCUT2D eigenvalue weighted by molar-refractivity contribution is 7.12. The summed E-state index contributed by atoms with van der Waals surface area (Å²) in [7, 11) is 0. The minimum Gasteiger partial charge on any atom is -0.389 e. The monoisotopic (exact) mass is 276 g/mol. The molecule has 0 saturated carbocycles. The third-order valence-corrected chi connectivity index (χ3v) is 3.80. The Labute approximate surface area is 118 Å². The average Bonchev–Trinajstić information content (AvgIpc) is 2.83. The number of nitrogens with one attached hydrogen (secondary N) is 1. The lowest BCUT2D eigenvalue weighted by Gasteiger charge is -2.07. The molecule has 19 heavy (non-hydrogen) atoms. The van der Waals surface area contributed by atoms with Crippen molar-refractivity contribution in [2.75, 3.05) is 6.54 Å². The molecule has 1 heterocycles. The minimum atomic E-state index is 0.00861. The molecule has 0 radical (unpaired) electrons. The SMILES string of the molecule is CC(C)CNCc1sc(CO)nc1-c1ccccc1. The van der Waals surface area contributed by atoms with E-state index in [1.807, 2.05) is 18.2 Å². The van der Waals surface area contributed by atoms with Crippen LogP contribution in [0.25, 0.3) is 11.3 Å². The number of aliphatic hydroxyl groups excluding tert-OH is 1. The van der Waals surface area contributed by atoms with Gasteiger partial charge in [-0.05, 0) is 12.5 Å². The Morgan fingerprint density at radius 3 is 2.63 bits per heavy atom. The molecule has 0 unspecified atom stereocenters. The molecule has 1 aromatic heterocycles. The van der Waals surface area contributed by atoms with Gasteiger partial charge >= 0.3 is 0 Å². The van der Waals surface area contributed by atoms with E-state index in [2.05, 4.69) is 36.3 Å². The van der Waals surface area contributed by atoms with E-state index in [4.69, 9.17) is 0 Å². The first-order chi connectivity index (χ1) is 9.20. The van der Waals surface area contributed by atoms with Gasteiger partial charge in [0, 0.05) is 17.0 Å². The lowest BCUT2D eigenvalue weighted by atomic mass is 10.1. The van der Waals surface area contributed by atoms with E-state index in [1.54, 1.807) is 11.3 Å². The summed E-state index contributed by atoms with van der Waals surface area (Å²) in [5, 5.41) is 13.5. The van der Waals surface area contributed by atoms with Gasteiger partial charge in [-0.1, -0.05) is 44.2 Å². The maximum Gasteiger partial charge on any atom is 0.119 e. The van der Waals surface area contributed by atoms with E-state index in [9.17, 15) is 5.11 Å². The summed E-state index contributed by atoms with van der Waals surface area (Å²) in [4.78, 5) is 5.72. The predicted molar refractivity (Wildman–Crippen MR) is 80.0 cm³/mol. The fourth-order valence-electron chi connectivity index (χ4n) is 1.88. The Hall–Kier alpha value is -1.23. The standard InChI is InChI=1S/C15H20N2OS/c1-11(2)8-16-9-13-15(17-14(10-18)19-13)12-6-4-3-5-7-12/h3-7,11,16,18H,8-10H2,1-2H3. The number of hydrogen-bond donors (Lipinski definition) is 2. The van der Waals surface area contributed by atoms with E-state index in [0.29, 0.717) is 5.92 Å². The van der Waals surface area contributed by atoms with Crippen LogP contribution in [-0.4, -0.2) is 16.6 Å². The largest absolute Gasteiger partial charge is 0.389 e.